The number of carbonyl (C=O) groups excluding carboxylic acids is 1. The van der Waals surface area contributed by atoms with Crippen molar-refractivity contribution in [3.8, 4) is 5.75 Å². The highest BCUT2D eigenvalue weighted by atomic mass is 16.6. The van der Waals surface area contributed by atoms with E-state index in [2.05, 4.69) is 82.6 Å². The van der Waals surface area contributed by atoms with Gasteiger partial charge in [-0.15, -0.1) is 0 Å². The molecule has 0 spiro atoms. The molecule has 0 saturated carbocycles. The summed E-state index contributed by atoms with van der Waals surface area (Å²) in [4.78, 5) is 20.3. The van der Waals surface area contributed by atoms with Crippen LogP contribution >= 0.6 is 0 Å². The highest BCUT2D eigenvalue weighted by Gasteiger charge is 2.43. The first kappa shape index (κ1) is 28.0. The number of benzene rings is 4. The molecule has 4 aromatic rings. The Kier molecular flexibility index (Phi) is 8.83. The molecule has 2 aliphatic heterocycles. The van der Waals surface area contributed by atoms with E-state index in [-0.39, 0.29) is 30.7 Å². The number of nitrogens with zero attached hydrogens (tertiary/aromatic N) is 3. The Balaban J connectivity index is 1.28. The molecule has 4 aromatic carbocycles. The SMILES string of the molecule is COc1ccccc1CN1C[C@H]2CN(C(=O)OCc3ccccc3)CCN2[C@@H](C(c2ccccc2)c2ccccc2)C1. The largest absolute Gasteiger partial charge is 0.496 e. The molecule has 6 nitrogen and oxygen atoms in total. The molecule has 0 N–H and O–H groups in total. The second-order valence-electron chi connectivity index (χ2n) is 11.3. The monoisotopic (exact) mass is 561 g/mol. The number of amides is 1. The lowest BCUT2D eigenvalue weighted by Crippen LogP contribution is -2.67. The first-order chi connectivity index (χ1) is 20.7. The predicted octanol–water partition coefficient (Wildman–Crippen LogP) is 6.03. The fourth-order valence-corrected chi connectivity index (χ4v) is 6.64. The highest BCUT2D eigenvalue weighted by Crippen LogP contribution is 2.36. The Labute approximate surface area is 249 Å². The van der Waals surface area contributed by atoms with E-state index in [9.17, 15) is 4.79 Å². The van der Waals surface area contributed by atoms with Gasteiger partial charge >= 0.3 is 6.09 Å². The molecule has 2 atom stereocenters. The van der Waals surface area contributed by atoms with Crippen molar-refractivity contribution in [3.05, 3.63) is 138 Å². The highest BCUT2D eigenvalue weighted by molar-refractivity contribution is 5.68. The molecule has 2 aliphatic rings. The van der Waals surface area contributed by atoms with Crippen molar-refractivity contribution in [2.24, 2.45) is 0 Å². The van der Waals surface area contributed by atoms with Gasteiger partial charge in [0.05, 0.1) is 7.11 Å². The molecule has 6 rings (SSSR count). The zero-order chi connectivity index (χ0) is 28.7. The summed E-state index contributed by atoms with van der Waals surface area (Å²) in [6.07, 6.45) is -0.237. The summed E-state index contributed by atoms with van der Waals surface area (Å²) in [6, 6.07) is 40.3. The van der Waals surface area contributed by atoms with Crippen molar-refractivity contribution >= 4 is 6.09 Å². The van der Waals surface area contributed by atoms with Crippen molar-refractivity contribution in [1.29, 1.82) is 0 Å². The van der Waals surface area contributed by atoms with E-state index in [0.717, 1.165) is 37.5 Å². The van der Waals surface area contributed by atoms with Gasteiger partial charge in [0, 0.05) is 62.8 Å². The number of fused-ring (bicyclic) bond motifs is 1. The number of para-hydroxylation sites is 1. The molecule has 2 fully saturated rings. The number of methoxy groups -OCH3 is 1. The number of carbonyl (C=O) groups is 1. The third kappa shape index (κ3) is 6.35. The van der Waals surface area contributed by atoms with E-state index >= 15 is 0 Å². The lowest BCUT2D eigenvalue weighted by molar-refractivity contribution is -0.0334. The summed E-state index contributed by atoms with van der Waals surface area (Å²) < 4.78 is 11.5. The van der Waals surface area contributed by atoms with E-state index in [1.54, 1.807) is 7.11 Å². The smallest absolute Gasteiger partial charge is 0.410 e. The summed E-state index contributed by atoms with van der Waals surface area (Å²) in [7, 11) is 1.74. The van der Waals surface area contributed by atoms with Gasteiger partial charge in [0.2, 0.25) is 0 Å². The van der Waals surface area contributed by atoms with Gasteiger partial charge in [-0.3, -0.25) is 9.80 Å². The maximum absolute atomic E-state index is 13.2. The summed E-state index contributed by atoms with van der Waals surface area (Å²) >= 11 is 0. The third-order valence-corrected chi connectivity index (χ3v) is 8.62. The minimum Gasteiger partial charge on any atom is -0.496 e. The summed E-state index contributed by atoms with van der Waals surface area (Å²) in [5.41, 5.74) is 4.81. The Morgan fingerprint density at radius 1 is 0.762 bits per heavy atom. The van der Waals surface area contributed by atoms with Crippen LogP contribution in [0.1, 0.15) is 28.2 Å². The topological polar surface area (TPSA) is 45.3 Å². The average Bonchev–Trinajstić information content (AvgIpc) is 3.05. The Bertz CT molecular complexity index is 1390. The maximum atomic E-state index is 13.2. The van der Waals surface area contributed by atoms with E-state index in [0.29, 0.717) is 13.1 Å². The first-order valence-corrected chi connectivity index (χ1v) is 14.8. The van der Waals surface area contributed by atoms with Crippen LogP contribution in [0, 0.1) is 0 Å². The van der Waals surface area contributed by atoms with Gasteiger partial charge in [-0.2, -0.15) is 0 Å². The third-order valence-electron chi connectivity index (χ3n) is 8.62. The van der Waals surface area contributed by atoms with Crippen molar-refractivity contribution in [2.45, 2.75) is 31.2 Å². The first-order valence-electron chi connectivity index (χ1n) is 14.8. The summed E-state index contributed by atoms with van der Waals surface area (Å²) in [5, 5.41) is 0. The van der Waals surface area contributed by atoms with Crippen LogP contribution in [0.2, 0.25) is 0 Å². The standard InChI is InChI=1S/C36H39N3O3/c1-41-34-20-12-11-19-31(34)23-37-24-32-25-38(36(40)42-27-28-13-5-2-6-14-28)21-22-39(32)33(26-37)35(29-15-7-3-8-16-29)30-17-9-4-10-18-30/h2-20,32-33,35H,21-27H2,1H3/t32-,33+/m0/s1. The predicted molar refractivity (Wildman–Crippen MR) is 165 cm³/mol. The zero-order valence-corrected chi connectivity index (χ0v) is 24.2. The van der Waals surface area contributed by atoms with Gasteiger partial charge in [-0.25, -0.2) is 4.79 Å². The molecule has 0 radical (unpaired) electrons. The fraction of sp³-hybridized carbons (Fsp3) is 0.306. The Morgan fingerprint density at radius 3 is 2.05 bits per heavy atom. The van der Waals surface area contributed by atoms with Crippen LogP contribution in [0.15, 0.2) is 115 Å². The van der Waals surface area contributed by atoms with E-state index < -0.39 is 0 Å². The summed E-state index contributed by atoms with van der Waals surface area (Å²) in [6.45, 7) is 4.98. The number of hydrogen-bond donors (Lipinski definition) is 0. The van der Waals surface area contributed by atoms with Gasteiger partial charge in [0.25, 0.3) is 0 Å². The van der Waals surface area contributed by atoms with Crippen LogP contribution in [-0.4, -0.2) is 72.7 Å². The van der Waals surface area contributed by atoms with Crippen molar-refractivity contribution in [1.82, 2.24) is 14.7 Å². The molecule has 2 saturated heterocycles. The minimum absolute atomic E-state index is 0.186. The second-order valence-corrected chi connectivity index (χ2v) is 11.3. The van der Waals surface area contributed by atoms with Crippen molar-refractivity contribution < 1.29 is 14.3 Å². The number of rotatable bonds is 8. The van der Waals surface area contributed by atoms with Crippen LogP contribution in [-0.2, 0) is 17.9 Å². The molecule has 42 heavy (non-hydrogen) atoms. The number of piperazine rings is 2. The molecule has 6 heteroatoms. The van der Waals surface area contributed by atoms with Crippen LogP contribution in [0.4, 0.5) is 4.79 Å². The van der Waals surface area contributed by atoms with E-state index in [1.165, 1.54) is 16.7 Å². The molecular formula is C36H39N3O3. The summed E-state index contributed by atoms with van der Waals surface area (Å²) in [5.74, 6) is 1.11. The molecule has 0 aliphatic carbocycles. The number of ether oxygens (including phenoxy) is 2. The van der Waals surface area contributed by atoms with Crippen molar-refractivity contribution in [2.75, 3.05) is 39.8 Å². The van der Waals surface area contributed by atoms with Gasteiger partial charge in [-0.05, 0) is 22.8 Å². The van der Waals surface area contributed by atoms with E-state index in [4.69, 9.17) is 9.47 Å². The normalized spacial score (nSPS) is 19.3. The molecule has 0 aromatic heterocycles. The molecule has 2 heterocycles. The van der Waals surface area contributed by atoms with Gasteiger partial charge in [0.1, 0.15) is 12.4 Å². The fourth-order valence-electron chi connectivity index (χ4n) is 6.64. The Morgan fingerprint density at radius 2 is 1.38 bits per heavy atom. The number of hydrogen-bond acceptors (Lipinski definition) is 5. The second kappa shape index (κ2) is 13.2. The lowest BCUT2D eigenvalue weighted by atomic mass is 9.81. The molecule has 0 unspecified atom stereocenters. The quantitative estimate of drug-likeness (QED) is 0.263. The Hall–Kier alpha value is -4.13. The van der Waals surface area contributed by atoms with Crippen molar-refractivity contribution in [3.63, 3.8) is 0 Å². The minimum atomic E-state index is -0.237. The molecular weight excluding hydrogens is 522 g/mol. The van der Waals surface area contributed by atoms with Crippen LogP contribution in [0.3, 0.4) is 0 Å². The zero-order valence-electron chi connectivity index (χ0n) is 24.2. The van der Waals surface area contributed by atoms with E-state index in [1.807, 2.05) is 47.4 Å². The molecule has 1 amide bonds. The van der Waals surface area contributed by atoms with Crippen LogP contribution in [0.25, 0.3) is 0 Å². The van der Waals surface area contributed by atoms with Gasteiger partial charge in [0.15, 0.2) is 0 Å². The van der Waals surface area contributed by atoms with Crippen LogP contribution < -0.4 is 4.74 Å². The van der Waals surface area contributed by atoms with Gasteiger partial charge in [-0.1, -0.05) is 109 Å². The molecule has 216 valence electrons. The average molecular weight is 562 g/mol. The lowest BCUT2D eigenvalue weighted by Gasteiger charge is -2.53. The maximum Gasteiger partial charge on any atom is 0.410 e. The van der Waals surface area contributed by atoms with Crippen LogP contribution in [0.5, 0.6) is 5.75 Å². The van der Waals surface area contributed by atoms with Gasteiger partial charge < -0.3 is 14.4 Å². The molecule has 0 bridgehead atoms.